The Hall–Kier alpha value is -3.19. The van der Waals surface area contributed by atoms with Gasteiger partial charge in [0.1, 0.15) is 11.6 Å². The lowest BCUT2D eigenvalue weighted by molar-refractivity contribution is 0.0947. The number of benzene rings is 2. The number of rotatable bonds is 5. The lowest BCUT2D eigenvalue weighted by atomic mass is 10.1. The van der Waals surface area contributed by atoms with Crippen molar-refractivity contribution in [1.82, 2.24) is 14.7 Å². The fraction of sp³-hybridized carbons (Fsp3) is 0.100. The zero-order chi connectivity index (χ0) is 18.8. The summed E-state index contributed by atoms with van der Waals surface area (Å²) < 4.78 is 20.1. The van der Waals surface area contributed by atoms with E-state index in [1.807, 2.05) is 40.2 Å². The lowest BCUT2D eigenvalue weighted by Gasteiger charge is -2.07. The van der Waals surface area contributed by atoms with Gasteiger partial charge in [-0.15, -0.1) is 11.3 Å². The van der Waals surface area contributed by atoms with Crippen molar-refractivity contribution in [2.24, 2.45) is 0 Å². The molecule has 1 N–H and O–H groups in total. The highest BCUT2D eigenvalue weighted by Crippen LogP contribution is 2.29. The second-order valence-corrected chi connectivity index (χ2v) is 6.78. The highest BCUT2D eigenvalue weighted by atomic mass is 32.1. The largest absolute Gasteiger partial charge is 0.497 e. The first-order valence-corrected chi connectivity index (χ1v) is 9.16. The van der Waals surface area contributed by atoms with Crippen LogP contribution >= 0.6 is 11.3 Å². The van der Waals surface area contributed by atoms with Crippen molar-refractivity contribution in [2.75, 3.05) is 7.11 Å². The number of imidazole rings is 1. The van der Waals surface area contributed by atoms with E-state index in [2.05, 4.69) is 10.3 Å². The molecule has 0 saturated heterocycles. The zero-order valence-electron chi connectivity index (χ0n) is 14.5. The molecule has 27 heavy (non-hydrogen) atoms. The number of hydrogen-bond donors (Lipinski definition) is 1. The summed E-state index contributed by atoms with van der Waals surface area (Å²) in [6.07, 6.45) is 1.89. The Morgan fingerprint density at radius 2 is 1.93 bits per heavy atom. The highest BCUT2D eigenvalue weighted by molar-refractivity contribution is 7.15. The van der Waals surface area contributed by atoms with Crippen LogP contribution in [0.2, 0.25) is 0 Å². The molecule has 0 aliphatic rings. The number of halogens is 1. The second kappa shape index (κ2) is 7.20. The summed E-state index contributed by atoms with van der Waals surface area (Å²) in [6, 6.07) is 13.5. The van der Waals surface area contributed by atoms with Gasteiger partial charge in [0, 0.05) is 23.7 Å². The molecule has 0 spiro atoms. The summed E-state index contributed by atoms with van der Waals surface area (Å²) in [4.78, 5) is 18.0. The van der Waals surface area contributed by atoms with E-state index in [-0.39, 0.29) is 11.7 Å². The van der Waals surface area contributed by atoms with E-state index in [1.165, 1.54) is 23.5 Å². The molecular formula is C20H16FN3O2S. The third-order valence-corrected chi connectivity index (χ3v) is 4.96. The molecular weight excluding hydrogens is 365 g/mol. The molecule has 136 valence electrons. The number of nitrogens with zero attached hydrogens (tertiary/aromatic N) is 2. The smallest absolute Gasteiger partial charge is 0.272 e. The number of fused-ring (bicyclic) bond motifs is 1. The molecule has 7 heteroatoms. The highest BCUT2D eigenvalue weighted by Gasteiger charge is 2.21. The number of thiazole rings is 1. The maximum atomic E-state index is 13.0. The minimum atomic E-state index is -0.304. The molecule has 5 nitrogen and oxygen atoms in total. The van der Waals surface area contributed by atoms with E-state index in [1.54, 1.807) is 19.2 Å². The molecule has 2 heterocycles. The molecule has 0 atom stereocenters. The van der Waals surface area contributed by atoms with Crippen LogP contribution in [0.15, 0.2) is 60.1 Å². The molecule has 0 aliphatic carbocycles. The number of methoxy groups -OCH3 is 1. The summed E-state index contributed by atoms with van der Waals surface area (Å²) >= 11 is 1.46. The summed E-state index contributed by atoms with van der Waals surface area (Å²) in [7, 11) is 1.61. The summed E-state index contributed by atoms with van der Waals surface area (Å²) in [5.41, 5.74) is 2.77. The molecule has 1 amide bonds. The predicted octanol–water partition coefficient (Wildman–Crippen LogP) is 4.14. The Morgan fingerprint density at radius 1 is 1.19 bits per heavy atom. The quantitative estimate of drug-likeness (QED) is 0.565. The van der Waals surface area contributed by atoms with E-state index in [0.29, 0.717) is 12.2 Å². The van der Waals surface area contributed by atoms with Gasteiger partial charge in [0.15, 0.2) is 10.7 Å². The van der Waals surface area contributed by atoms with Gasteiger partial charge in [0.25, 0.3) is 5.91 Å². The number of aromatic nitrogens is 2. The van der Waals surface area contributed by atoms with E-state index in [0.717, 1.165) is 27.5 Å². The van der Waals surface area contributed by atoms with Crippen LogP contribution in [0.3, 0.4) is 0 Å². The Morgan fingerprint density at radius 3 is 2.63 bits per heavy atom. The van der Waals surface area contributed by atoms with Crippen LogP contribution in [0.25, 0.3) is 16.2 Å². The monoisotopic (exact) mass is 381 g/mol. The minimum absolute atomic E-state index is 0.277. The van der Waals surface area contributed by atoms with E-state index in [9.17, 15) is 9.18 Å². The fourth-order valence-corrected chi connectivity index (χ4v) is 3.55. The van der Waals surface area contributed by atoms with Crippen LogP contribution in [-0.4, -0.2) is 22.4 Å². The van der Waals surface area contributed by atoms with Gasteiger partial charge in [-0.1, -0.05) is 12.1 Å². The van der Waals surface area contributed by atoms with Crippen molar-refractivity contribution in [3.63, 3.8) is 0 Å². The van der Waals surface area contributed by atoms with E-state index in [4.69, 9.17) is 4.74 Å². The average molecular weight is 381 g/mol. The van der Waals surface area contributed by atoms with Crippen LogP contribution in [0.5, 0.6) is 5.75 Å². The molecule has 2 aromatic carbocycles. The summed E-state index contributed by atoms with van der Waals surface area (Å²) in [5, 5.41) is 4.79. The van der Waals surface area contributed by atoms with Crippen LogP contribution in [0.4, 0.5) is 4.39 Å². The predicted molar refractivity (Wildman–Crippen MR) is 103 cm³/mol. The van der Waals surface area contributed by atoms with Crippen molar-refractivity contribution < 1.29 is 13.9 Å². The first-order valence-electron chi connectivity index (χ1n) is 8.28. The third kappa shape index (κ3) is 3.41. The van der Waals surface area contributed by atoms with Gasteiger partial charge in [0.2, 0.25) is 0 Å². The second-order valence-electron chi connectivity index (χ2n) is 5.90. The van der Waals surface area contributed by atoms with Crippen molar-refractivity contribution in [1.29, 1.82) is 0 Å². The van der Waals surface area contributed by atoms with Gasteiger partial charge in [-0.3, -0.25) is 9.20 Å². The molecule has 0 bridgehead atoms. The normalized spacial score (nSPS) is 10.9. The lowest BCUT2D eigenvalue weighted by Crippen LogP contribution is -2.23. The van der Waals surface area contributed by atoms with Crippen LogP contribution in [0, 0.1) is 5.82 Å². The zero-order valence-corrected chi connectivity index (χ0v) is 15.3. The van der Waals surface area contributed by atoms with E-state index >= 15 is 0 Å². The van der Waals surface area contributed by atoms with Crippen molar-refractivity contribution in [3.05, 3.63) is 77.2 Å². The summed E-state index contributed by atoms with van der Waals surface area (Å²) in [5.74, 6) is 0.161. The van der Waals surface area contributed by atoms with Gasteiger partial charge in [-0.25, -0.2) is 9.37 Å². The fourth-order valence-electron chi connectivity index (χ4n) is 2.84. The number of carbonyl (C=O) groups is 1. The van der Waals surface area contributed by atoms with Crippen molar-refractivity contribution in [2.45, 2.75) is 6.54 Å². The molecule has 0 radical (unpaired) electrons. The maximum Gasteiger partial charge on any atom is 0.272 e. The molecule has 4 aromatic rings. The first-order chi connectivity index (χ1) is 13.2. The van der Waals surface area contributed by atoms with Gasteiger partial charge < -0.3 is 10.1 Å². The molecule has 0 aliphatic heterocycles. The third-order valence-electron chi connectivity index (χ3n) is 4.21. The minimum Gasteiger partial charge on any atom is -0.497 e. The van der Waals surface area contributed by atoms with Crippen LogP contribution < -0.4 is 10.1 Å². The van der Waals surface area contributed by atoms with Crippen molar-refractivity contribution in [3.8, 4) is 17.0 Å². The maximum absolute atomic E-state index is 13.0. The number of carbonyl (C=O) groups excluding carboxylic acids is 1. The molecule has 2 aromatic heterocycles. The number of ether oxygens (including phenoxy) is 1. The van der Waals surface area contributed by atoms with Crippen LogP contribution in [-0.2, 0) is 6.54 Å². The van der Waals surface area contributed by atoms with Gasteiger partial charge in [-0.2, -0.15) is 0 Å². The SMILES string of the molecule is COc1ccc(-c2c(C(=O)NCc3ccc(F)cc3)nc3sccn23)cc1. The average Bonchev–Trinajstić information content (AvgIpc) is 3.28. The topological polar surface area (TPSA) is 55.6 Å². The molecule has 0 unspecified atom stereocenters. The van der Waals surface area contributed by atoms with Crippen molar-refractivity contribution >= 4 is 22.2 Å². The standard InChI is InChI=1S/C20H16FN3O2S/c1-26-16-8-4-14(5-9-16)18-17(23-20-24(18)10-11-27-20)19(25)22-12-13-2-6-15(21)7-3-13/h2-11H,12H2,1H3,(H,22,25). The van der Waals surface area contributed by atoms with Gasteiger partial charge >= 0.3 is 0 Å². The Balaban J connectivity index is 1.65. The molecule has 4 rings (SSSR count). The summed E-state index contributed by atoms with van der Waals surface area (Å²) in [6.45, 7) is 0.298. The number of nitrogens with one attached hydrogen (secondary N) is 1. The number of hydrogen-bond acceptors (Lipinski definition) is 4. The number of amides is 1. The van der Waals surface area contributed by atoms with Crippen LogP contribution in [0.1, 0.15) is 16.1 Å². The van der Waals surface area contributed by atoms with Gasteiger partial charge in [0.05, 0.1) is 12.8 Å². The molecule has 0 saturated carbocycles. The Kier molecular flexibility index (Phi) is 4.60. The molecule has 0 fully saturated rings. The Bertz CT molecular complexity index is 1080. The Labute approximate surface area is 159 Å². The van der Waals surface area contributed by atoms with E-state index < -0.39 is 0 Å². The first kappa shape index (κ1) is 17.2. The van der Waals surface area contributed by atoms with Gasteiger partial charge in [-0.05, 0) is 42.0 Å².